The van der Waals surface area contributed by atoms with E-state index in [0.717, 1.165) is 12.1 Å². The van der Waals surface area contributed by atoms with Gasteiger partial charge in [-0.15, -0.1) is 6.58 Å². The summed E-state index contributed by atoms with van der Waals surface area (Å²) >= 11 is 0. The Bertz CT molecular complexity index is 1230. The zero-order valence-electron chi connectivity index (χ0n) is 17.5. The van der Waals surface area contributed by atoms with Crippen LogP contribution in [0.15, 0.2) is 71.0 Å². The Morgan fingerprint density at radius 2 is 1.74 bits per heavy atom. The molecule has 6 nitrogen and oxygen atoms in total. The number of hydrogen-bond donors (Lipinski definition) is 1. The fourth-order valence-corrected chi connectivity index (χ4v) is 5.00. The van der Waals surface area contributed by atoms with Gasteiger partial charge in [0.2, 0.25) is 9.84 Å². The summed E-state index contributed by atoms with van der Waals surface area (Å²) in [4.78, 5) is 12.8. The number of amides is 1. The Hall–Kier alpha value is -3.39. The van der Waals surface area contributed by atoms with Gasteiger partial charge in [0.1, 0.15) is 22.3 Å². The van der Waals surface area contributed by atoms with E-state index in [1.165, 1.54) is 19.2 Å². The van der Waals surface area contributed by atoms with E-state index < -0.39 is 21.6 Å². The van der Waals surface area contributed by atoms with Crippen LogP contribution in [0.25, 0.3) is 0 Å². The van der Waals surface area contributed by atoms with Crippen molar-refractivity contribution in [1.82, 2.24) is 4.57 Å². The zero-order chi connectivity index (χ0) is 22.8. The van der Waals surface area contributed by atoms with Gasteiger partial charge >= 0.3 is 0 Å². The van der Waals surface area contributed by atoms with Crippen molar-refractivity contribution >= 4 is 21.6 Å². The molecule has 0 spiro atoms. The fraction of sp³-hybridized carbons (Fsp3) is 0.174. The molecular weight excluding hydrogens is 419 g/mol. The standard InChI is InChI=1S/C23H23FN2O4S/c1-5-14-26-16(3)15(2)21(31(28,29)20-12-8-18(24)9-13-20)22(26)25-23(27)17-6-10-19(30-4)11-7-17/h5-13H,1,14H2,2-4H3,(H,25,27). The third-order valence-electron chi connectivity index (χ3n) is 5.06. The number of carbonyl (C=O) groups excluding carboxylic acids is 1. The Kier molecular flexibility index (Phi) is 6.31. The first kappa shape index (κ1) is 22.3. The number of carbonyl (C=O) groups is 1. The van der Waals surface area contributed by atoms with E-state index in [2.05, 4.69) is 11.9 Å². The second-order valence-corrected chi connectivity index (χ2v) is 8.81. The molecule has 0 aliphatic carbocycles. The largest absolute Gasteiger partial charge is 0.497 e. The monoisotopic (exact) mass is 442 g/mol. The van der Waals surface area contributed by atoms with E-state index in [1.807, 2.05) is 0 Å². The van der Waals surface area contributed by atoms with Crippen LogP contribution in [0.4, 0.5) is 10.2 Å². The van der Waals surface area contributed by atoms with Crippen LogP contribution in [-0.2, 0) is 16.4 Å². The predicted molar refractivity (Wildman–Crippen MR) is 117 cm³/mol. The van der Waals surface area contributed by atoms with Crippen molar-refractivity contribution in [3.8, 4) is 5.75 Å². The second kappa shape index (κ2) is 8.77. The van der Waals surface area contributed by atoms with E-state index in [4.69, 9.17) is 4.74 Å². The van der Waals surface area contributed by atoms with Gasteiger partial charge in [-0.05, 0) is 67.9 Å². The predicted octanol–water partition coefficient (Wildman–Crippen LogP) is 4.52. The maximum Gasteiger partial charge on any atom is 0.256 e. The molecule has 1 amide bonds. The van der Waals surface area contributed by atoms with Gasteiger partial charge in [0.05, 0.1) is 12.0 Å². The van der Waals surface area contributed by atoms with E-state index in [1.54, 1.807) is 48.8 Å². The first-order valence-electron chi connectivity index (χ1n) is 9.47. The maximum atomic E-state index is 13.4. The Morgan fingerprint density at radius 1 is 1.13 bits per heavy atom. The van der Waals surface area contributed by atoms with E-state index in [9.17, 15) is 17.6 Å². The number of halogens is 1. The van der Waals surface area contributed by atoms with Crippen LogP contribution in [0.2, 0.25) is 0 Å². The highest BCUT2D eigenvalue weighted by molar-refractivity contribution is 7.91. The quantitative estimate of drug-likeness (QED) is 0.431. The van der Waals surface area contributed by atoms with E-state index in [-0.39, 0.29) is 15.6 Å². The average Bonchev–Trinajstić information content (AvgIpc) is 2.99. The van der Waals surface area contributed by atoms with Crippen LogP contribution in [0, 0.1) is 19.7 Å². The molecule has 1 aromatic heterocycles. The molecule has 1 N–H and O–H groups in total. The van der Waals surface area contributed by atoms with Gasteiger partial charge in [-0.2, -0.15) is 0 Å². The molecule has 0 aliphatic heterocycles. The molecule has 2 aromatic carbocycles. The first-order chi connectivity index (χ1) is 14.7. The Balaban J connectivity index is 2.13. The Labute approximate surface area is 180 Å². The molecule has 0 aliphatic rings. The summed E-state index contributed by atoms with van der Waals surface area (Å²) in [6.45, 7) is 7.46. The lowest BCUT2D eigenvalue weighted by Gasteiger charge is -2.13. The van der Waals surface area contributed by atoms with Gasteiger partial charge in [0.25, 0.3) is 5.91 Å². The van der Waals surface area contributed by atoms with Gasteiger partial charge in [0.15, 0.2) is 0 Å². The van der Waals surface area contributed by atoms with Crippen molar-refractivity contribution in [2.45, 2.75) is 30.2 Å². The highest BCUT2D eigenvalue weighted by Gasteiger charge is 2.30. The number of benzene rings is 2. The molecule has 0 unspecified atom stereocenters. The van der Waals surface area contributed by atoms with Crippen LogP contribution < -0.4 is 10.1 Å². The SMILES string of the molecule is C=CCn1c(C)c(C)c(S(=O)(=O)c2ccc(F)cc2)c1NC(=O)c1ccc(OC)cc1. The highest BCUT2D eigenvalue weighted by Crippen LogP contribution is 2.35. The summed E-state index contributed by atoms with van der Waals surface area (Å²) in [5.74, 6) is -0.275. The fourth-order valence-electron chi connectivity index (χ4n) is 3.30. The number of sulfone groups is 1. The number of methoxy groups -OCH3 is 1. The summed E-state index contributed by atoms with van der Waals surface area (Å²) in [5.41, 5.74) is 1.51. The molecule has 31 heavy (non-hydrogen) atoms. The Morgan fingerprint density at radius 3 is 2.29 bits per heavy atom. The average molecular weight is 443 g/mol. The molecule has 162 valence electrons. The normalized spacial score (nSPS) is 11.2. The molecular formula is C23H23FN2O4S. The van der Waals surface area contributed by atoms with Crippen molar-refractivity contribution in [3.63, 3.8) is 0 Å². The number of aromatic nitrogens is 1. The van der Waals surface area contributed by atoms with Crippen molar-refractivity contribution in [1.29, 1.82) is 0 Å². The lowest BCUT2D eigenvalue weighted by molar-refractivity contribution is 0.102. The number of ether oxygens (including phenoxy) is 1. The molecule has 3 aromatic rings. The van der Waals surface area contributed by atoms with Crippen molar-refractivity contribution in [2.24, 2.45) is 0 Å². The summed E-state index contributed by atoms with van der Waals surface area (Å²) in [6.07, 6.45) is 1.61. The first-order valence-corrected chi connectivity index (χ1v) is 11.0. The van der Waals surface area contributed by atoms with Gasteiger partial charge < -0.3 is 14.6 Å². The molecule has 0 radical (unpaired) electrons. The van der Waals surface area contributed by atoms with Crippen LogP contribution in [0.5, 0.6) is 5.75 Å². The van der Waals surface area contributed by atoms with E-state index >= 15 is 0 Å². The van der Waals surface area contributed by atoms with Gasteiger partial charge in [0, 0.05) is 17.8 Å². The molecule has 0 saturated heterocycles. The number of nitrogens with one attached hydrogen (secondary N) is 1. The summed E-state index contributed by atoms with van der Waals surface area (Å²) in [7, 11) is -2.51. The van der Waals surface area contributed by atoms with Gasteiger partial charge in [-0.3, -0.25) is 4.79 Å². The lowest BCUT2D eigenvalue weighted by Crippen LogP contribution is -2.18. The summed E-state index contributed by atoms with van der Waals surface area (Å²) < 4.78 is 47.0. The van der Waals surface area contributed by atoms with Gasteiger partial charge in [-0.1, -0.05) is 6.08 Å². The minimum Gasteiger partial charge on any atom is -0.497 e. The smallest absolute Gasteiger partial charge is 0.256 e. The molecule has 0 bridgehead atoms. The second-order valence-electron chi connectivity index (χ2n) is 6.93. The van der Waals surface area contributed by atoms with Crippen molar-refractivity contribution in [2.75, 3.05) is 12.4 Å². The van der Waals surface area contributed by atoms with Crippen LogP contribution >= 0.6 is 0 Å². The number of anilines is 1. The molecule has 1 heterocycles. The summed E-state index contributed by atoms with van der Waals surface area (Å²) in [5, 5.41) is 2.75. The maximum absolute atomic E-state index is 13.4. The topological polar surface area (TPSA) is 77.4 Å². The third-order valence-corrected chi connectivity index (χ3v) is 6.99. The van der Waals surface area contributed by atoms with Crippen molar-refractivity contribution < 1.29 is 22.3 Å². The van der Waals surface area contributed by atoms with Gasteiger partial charge in [-0.25, -0.2) is 12.8 Å². The van der Waals surface area contributed by atoms with Crippen LogP contribution in [0.1, 0.15) is 21.6 Å². The minimum absolute atomic E-state index is 0.0275. The molecule has 0 saturated carbocycles. The minimum atomic E-state index is -4.03. The number of hydrogen-bond acceptors (Lipinski definition) is 4. The molecule has 0 fully saturated rings. The number of allylic oxidation sites excluding steroid dienone is 1. The summed E-state index contributed by atoms with van der Waals surface area (Å²) in [6, 6.07) is 11.1. The van der Waals surface area contributed by atoms with Crippen LogP contribution in [0.3, 0.4) is 0 Å². The number of rotatable bonds is 7. The third kappa shape index (κ3) is 4.25. The zero-order valence-corrected chi connectivity index (χ0v) is 18.3. The highest BCUT2D eigenvalue weighted by atomic mass is 32.2. The van der Waals surface area contributed by atoms with Crippen molar-refractivity contribution in [3.05, 3.63) is 83.8 Å². The number of nitrogens with zero attached hydrogens (tertiary/aromatic N) is 1. The molecule has 8 heteroatoms. The lowest BCUT2D eigenvalue weighted by atomic mass is 10.2. The molecule has 0 atom stereocenters. The van der Waals surface area contributed by atoms with E-state index in [0.29, 0.717) is 29.1 Å². The van der Waals surface area contributed by atoms with Crippen LogP contribution in [-0.4, -0.2) is 26.0 Å². The molecule has 3 rings (SSSR count).